The zero-order chi connectivity index (χ0) is 21.2. The first-order valence-electron chi connectivity index (χ1n) is 8.79. The molecule has 156 valence electrons. The van der Waals surface area contributed by atoms with Crippen molar-refractivity contribution in [1.29, 1.82) is 0 Å². The summed E-state index contributed by atoms with van der Waals surface area (Å²) in [5.74, 6) is -1.70. The van der Waals surface area contributed by atoms with E-state index in [0.29, 0.717) is 4.88 Å². The Balaban J connectivity index is 1.75. The zero-order valence-electron chi connectivity index (χ0n) is 15.2. The Morgan fingerprint density at radius 1 is 1.07 bits per heavy atom. The first kappa shape index (κ1) is 21.1. The van der Waals surface area contributed by atoms with E-state index in [1.807, 2.05) is 0 Å². The summed E-state index contributed by atoms with van der Waals surface area (Å²) in [4.78, 5) is 24.6. The number of hydrogen-bond acceptors (Lipinski definition) is 6. The minimum Gasteiger partial charge on any atom is -0.508 e. The monoisotopic (exact) mass is 440 g/mol. The predicted octanol–water partition coefficient (Wildman–Crippen LogP) is 2.24. The van der Waals surface area contributed by atoms with E-state index in [1.54, 1.807) is 18.2 Å². The highest BCUT2D eigenvalue weighted by Gasteiger charge is 2.36. The zero-order valence-corrected chi connectivity index (χ0v) is 16.8. The van der Waals surface area contributed by atoms with Crippen LogP contribution in [-0.2, 0) is 14.8 Å². The van der Waals surface area contributed by atoms with Crippen LogP contribution in [0.1, 0.15) is 12.8 Å². The highest BCUT2D eigenvalue weighted by atomic mass is 32.2. The predicted molar refractivity (Wildman–Crippen MR) is 105 cm³/mol. The molecule has 3 rings (SSSR count). The summed E-state index contributed by atoms with van der Waals surface area (Å²) in [5.41, 5.74) is 0.727. The second-order valence-electron chi connectivity index (χ2n) is 6.71. The van der Waals surface area contributed by atoms with Crippen molar-refractivity contribution in [2.24, 2.45) is 5.92 Å². The molecule has 1 atom stereocenters. The molecular formula is C18H20N2O7S2. The lowest BCUT2D eigenvalue weighted by Crippen LogP contribution is -2.50. The normalized spacial score (nSPS) is 16.5. The van der Waals surface area contributed by atoms with Gasteiger partial charge in [-0.2, -0.15) is 4.72 Å². The third-order valence-electron chi connectivity index (χ3n) is 4.83. The number of aliphatic carboxylic acids is 1. The van der Waals surface area contributed by atoms with Crippen LogP contribution in [0, 0.1) is 5.92 Å². The number of phenolic OH excluding ortho intramolecular Hbond substituents is 1. The molecule has 1 amide bonds. The van der Waals surface area contributed by atoms with E-state index in [4.69, 9.17) is 5.11 Å². The summed E-state index contributed by atoms with van der Waals surface area (Å²) >= 11 is 0.992. The summed E-state index contributed by atoms with van der Waals surface area (Å²) in [5, 5.41) is 27.9. The van der Waals surface area contributed by atoms with Crippen LogP contribution in [0.15, 0.2) is 40.6 Å². The summed E-state index contributed by atoms with van der Waals surface area (Å²) in [6.45, 7) is 0.324. The number of piperidine rings is 1. The van der Waals surface area contributed by atoms with Gasteiger partial charge in [0, 0.05) is 18.0 Å². The van der Waals surface area contributed by atoms with Crippen molar-refractivity contribution >= 4 is 33.4 Å². The Morgan fingerprint density at radius 3 is 2.24 bits per heavy atom. The number of nitrogens with zero attached hydrogens (tertiary/aromatic N) is 1. The minimum absolute atomic E-state index is 0.0187. The van der Waals surface area contributed by atoms with Gasteiger partial charge in [0.05, 0.1) is 0 Å². The van der Waals surface area contributed by atoms with Gasteiger partial charge in [-0.1, -0.05) is 0 Å². The Kier molecular flexibility index (Phi) is 6.10. The molecule has 1 aliphatic heterocycles. The molecule has 1 fully saturated rings. The lowest BCUT2D eigenvalue weighted by Gasteiger charge is -2.33. The second-order valence-corrected chi connectivity index (χ2v) is 9.73. The van der Waals surface area contributed by atoms with Crippen LogP contribution in [-0.4, -0.2) is 59.8 Å². The summed E-state index contributed by atoms with van der Waals surface area (Å²) in [7, 11) is -4.07. The largest absolute Gasteiger partial charge is 0.508 e. The molecule has 1 aromatic carbocycles. The van der Waals surface area contributed by atoms with E-state index in [9.17, 15) is 28.2 Å². The number of sulfonamides is 1. The number of benzene rings is 1. The Labute approximate surface area is 171 Å². The molecule has 1 aromatic heterocycles. The molecule has 29 heavy (non-hydrogen) atoms. The molecular weight excluding hydrogens is 420 g/mol. The number of hydrogen-bond donors (Lipinski definition) is 4. The van der Waals surface area contributed by atoms with Crippen molar-refractivity contribution in [3.8, 4) is 16.2 Å². The van der Waals surface area contributed by atoms with Crippen LogP contribution in [0.4, 0.5) is 4.79 Å². The van der Waals surface area contributed by atoms with Crippen molar-refractivity contribution in [2.45, 2.75) is 23.1 Å². The molecule has 9 nitrogen and oxygen atoms in total. The van der Waals surface area contributed by atoms with Gasteiger partial charge in [0.1, 0.15) is 16.0 Å². The Morgan fingerprint density at radius 2 is 1.69 bits per heavy atom. The van der Waals surface area contributed by atoms with Crippen molar-refractivity contribution in [3.05, 3.63) is 36.4 Å². The third kappa shape index (κ3) is 4.86. The SMILES string of the molecule is O=C(O)[C@H](NS(=O)(=O)c1ccc(-c2ccc(O)cc2)s1)C1CCN(C(=O)O)CC1. The maximum atomic E-state index is 12.8. The summed E-state index contributed by atoms with van der Waals surface area (Å²) in [6.07, 6.45) is -0.555. The van der Waals surface area contributed by atoms with Gasteiger partial charge in [-0.05, 0) is 60.7 Å². The number of rotatable bonds is 6. The quantitative estimate of drug-likeness (QED) is 0.539. The number of aromatic hydroxyl groups is 1. The average molecular weight is 440 g/mol. The molecule has 1 saturated heterocycles. The van der Waals surface area contributed by atoms with E-state index in [0.717, 1.165) is 16.9 Å². The molecule has 4 N–H and O–H groups in total. The van der Waals surface area contributed by atoms with Gasteiger partial charge >= 0.3 is 12.1 Å². The van der Waals surface area contributed by atoms with E-state index in [2.05, 4.69) is 4.72 Å². The number of nitrogens with one attached hydrogen (secondary N) is 1. The van der Waals surface area contributed by atoms with E-state index in [1.165, 1.54) is 23.1 Å². The van der Waals surface area contributed by atoms with Crippen molar-refractivity contribution in [1.82, 2.24) is 9.62 Å². The highest BCUT2D eigenvalue weighted by Crippen LogP contribution is 2.32. The number of likely N-dealkylation sites (tertiary alicyclic amines) is 1. The number of phenols is 1. The van der Waals surface area contributed by atoms with Gasteiger partial charge in [-0.25, -0.2) is 13.2 Å². The molecule has 0 unspecified atom stereocenters. The summed E-state index contributed by atoms with van der Waals surface area (Å²) in [6, 6.07) is 7.97. The number of carbonyl (C=O) groups is 2. The first-order chi connectivity index (χ1) is 13.7. The Hall–Kier alpha value is -2.63. The van der Waals surface area contributed by atoms with Crippen molar-refractivity contribution in [3.63, 3.8) is 0 Å². The standard InChI is InChI=1S/C18H20N2O7S2/c21-13-3-1-11(2-4-13)14-5-6-15(28-14)29(26,27)19-16(17(22)23)12-7-9-20(10-8-12)18(24)25/h1-6,12,16,19,21H,7-10H2,(H,22,23)(H,24,25)/t16-/m1/s1. The second kappa shape index (κ2) is 8.39. The highest BCUT2D eigenvalue weighted by molar-refractivity contribution is 7.91. The fraction of sp³-hybridized carbons (Fsp3) is 0.333. The summed E-state index contributed by atoms with van der Waals surface area (Å²) < 4.78 is 27.8. The maximum Gasteiger partial charge on any atom is 0.407 e. The minimum atomic E-state index is -4.07. The fourth-order valence-corrected chi connectivity index (χ4v) is 5.83. The average Bonchev–Trinajstić information content (AvgIpc) is 3.18. The van der Waals surface area contributed by atoms with Crippen LogP contribution >= 0.6 is 11.3 Å². The topological polar surface area (TPSA) is 144 Å². The van der Waals surface area contributed by atoms with E-state index >= 15 is 0 Å². The van der Waals surface area contributed by atoms with Crippen molar-refractivity contribution in [2.75, 3.05) is 13.1 Å². The van der Waals surface area contributed by atoms with Gasteiger partial charge < -0.3 is 20.2 Å². The molecule has 2 heterocycles. The van der Waals surface area contributed by atoms with Gasteiger partial charge in [-0.15, -0.1) is 11.3 Å². The number of carboxylic acids is 1. The molecule has 1 aliphatic rings. The third-order valence-corrected chi connectivity index (χ3v) is 7.89. The van der Waals surface area contributed by atoms with Crippen molar-refractivity contribution < 1.29 is 33.3 Å². The first-order valence-corrected chi connectivity index (χ1v) is 11.1. The smallest absolute Gasteiger partial charge is 0.407 e. The number of carboxylic acid groups (broad SMARTS) is 2. The molecule has 0 spiro atoms. The van der Waals surface area contributed by atoms with Gasteiger partial charge in [0.2, 0.25) is 0 Å². The number of thiophene rings is 1. The lowest BCUT2D eigenvalue weighted by molar-refractivity contribution is -0.140. The molecule has 0 saturated carbocycles. The number of amides is 1. The van der Waals surface area contributed by atoms with Crippen LogP contribution < -0.4 is 4.72 Å². The molecule has 2 aromatic rings. The molecule has 11 heteroatoms. The molecule has 0 aliphatic carbocycles. The van der Waals surface area contributed by atoms with E-state index < -0.39 is 34.0 Å². The molecule has 0 bridgehead atoms. The van der Waals surface area contributed by atoms with Crippen LogP contribution in [0.2, 0.25) is 0 Å². The van der Waals surface area contributed by atoms with Gasteiger partial charge in [0.25, 0.3) is 10.0 Å². The molecule has 0 radical (unpaired) electrons. The van der Waals surface area contributed by atoms with Crippen LogP contribution in [0.25, 0.3) is 10.4 Å². The van der Waals surface area contributed by atoms with Crippen LogP contribution in [0.3, 0.4) is 0 Å². The fourth-order valence-electron chi connectivity index (χ4n) is 3.24. The maximum absolute atomic E-state index is 12.8. The lowest BCUT2D eigenvalue weighted by atomic mass is 9.90. The van der Waals surface area contributed by atoms with Gasteiger partial charge in [-0.3, -0.25) is 4.79 Å². The Bertz CT molecular complexity index is 993. The van der Waals surface area contributed by atoms with E-state index in [-0.39, 0.29) is 35.9 Å². The van der Waals surface area contributed by atoms with Gasteiger partial charge in [0.15, 0.2) is 0 Å². The van der Waals surface area contributed by atoms with Crippen LogP contribution in [0.5, 0.6) is 5.75 Å².